The summed E-state index contributed by atoms with van der Waals surface area (Å²) in [5, 5.41) is 0. The summed E-state index contributed by atoms with van der Waals surface area (Å²) in [6.07, 6.45) is 0. The Morgan fingerprint density at radius 1 is 1.35 bits per heavy atom. The number of nitrogens with two attached hydrogens (primary N) is 1. The molecule has 0 radical (unpaired) electrons. The molecule has 1 amide bonds. The first-order valence-electron chi connectivity index (χ1n) is 7.68. The lowest BCUT2D eigenvalue weighted by Gasteiger charge is -2.31. The van der Waals surface area contributed by atoms with Crippen LogP contribution < -0.4 is 5.73 Å². The van der Waals surface area contributed by atoms with Gasteiger partial charge in [-0.1, -0.05) is 41.9 Å². The highest BCUT2D eigenvalue weighted by atomic mass is 79.9. The monoisotopic (exact) mass is 380 g/mol. The fourth-order valence-corrected chi connectivity index (χ4v) is 4.16. The standard InChI is InChI=1S/C17H21BrN2O3/c1-17(2)11-8-20(14(12(11)17)16(22)23-3)15(21)13(19)9-4-6-10(18)7-5-9/h4-7,11-14H,8,19H2,1-3H3/t11-,12-,13?,14-/m1/s1. The molecule has 1 heterocycles. The molecule has 1 saturated heterocycles. The fraction of sp³-hybridized carbons (Fsp3) is 0.529. The van der Waals surface area contributed by atoms with Crippen molar-refractivity contribution in [2.75, 3.05) is 13.7 Å². The molecule has 1 aliphatic carbocycles. The molecule has 1 aromatic carbocycles. The van der Waals surface area contributed by atoms with Crippen LogP contribution in [0.3, 0.4) is 0 Å². The summed E-state index contributed by atoms with van der Waals surface area (Å²) in [5.41, 5.74) is 6.96. The molecule has 2 aliphatic rings. The van der Waals surface area contributed by atoms with Gasteiger partial charge in [-0.2, -0.15) is 0 Å². The average molecular weight is 381 g/mol. The number of benzene rings is 1. The van der Waals surface area contributed by atoms with Crippen LogP contribution >= 0.6 is 15.9 Å². The third-order valence-corrected chi connectivity index (χ3v) is 5.96. The van der Waals surface area contributed by atoms with Crippen LogP contribution in [0.4, 0.5) is 0 Å². The summed E-state index contributed by atoms with van der Waals surface area (Å²) < 4.78 is 5.85. The molecule has 1 unspecified atom stereocenters. The van der Waals surface area contributed by atoms with E-state index < -0.39 is 12.1 Å². The second kappa shape index (κ2) is 5.60. The number of carbonyl (C=O) groups excluding carboxylic acids is 2. The van der Waals surface area contributed by atoms with Crippen molar-refractivity contribution < 1.29 is 14.3 Å². The van der Waals surface area contributed by atoms with E-state index in [2.05, 4.69) is 29.8 Å². The second-order valence-electron chi connectivity index (χ2n) is 6.94. The summed E-state index contributed by atoms with van der Waals surface area (Å²) in [6, 6.07) is 6.06. The number of nitrogens with zero attached hydrogens (tertiary/aromatic N) is 1. The first kappa shape index (κ1) is 16.5. The van der Waals surface area contributed by atoms with Crippen molar-refractivity contribution in [2.24, 2.45) is 23.0 Å². The van der Waals surface area contributed by atoms with Crippen molar-refractivity contribution in [3.63, 3.8) is 0 Å². The Bertz CT molecular complexity index is 644. The van der Waals surface area contributed by atoms with Gasteiger partial charge in [0.1, 0.15) is 12.1 Å². The van der Waals surface area contributed by atoms with Gasteiger partial charge in [0.25, 0.3) is 0 Å². The smallest absolute Gasteiger partial charge is 0.328 e. The van der Waals surface area contributed by atoms with Crippen LogP contribution in [0.15, 0.2) is 28.7 Å². The molecule has 0 spiro atoms. The van der Waals surface area contributed by atoms with E-state index in [0.717, 1.165) is 10.0 Å². The van der Waals surface area contributed by atoms with Crippen LogP contribution in [0, 0.1) is 17.3 Å². The minimum absolute atomic E-state index is 0.0807. The Morgan fingerprint density at radius 2 is 1.96 bits per heavy atom. The number of halogens is 1. The maximum Gasteiger partial charge on any atom is 0.328 e. The molecule has 1 aromatic rings. The van der Waals surface area contributed by atoms with Crippen molar-refractivity contribution in [3.05, 3.63) is 34.3 Å². The lowest BCUT2D eigenvalue weighted by atomic mass is 9.99. The molecule has 3 rings (SSSR count). The number of hydrogen-bond donors (Lipinski definition) is 1. The van der Waals surface area contributed by atoms with Gasteiger partial charge in [-0.3, -0.25) is 4.79 Å². The maximum absolute atomic E-state index is 12.8. The third-order valence-electron chi connectivity index (χ3n) is 5.43. The lowest BCUT2D eigenvalue weighted by molar-refractivity contribution is -0.153. The molecule has 2 N–H and O–H groups in total. The highest BCUT2D eigenvalue weighted by Crippen LogP contribution is 2.65. The molecule has 23 heavy (non-hydrogen) atoms. The summed E-state index contributed by atoms with van der Waals surface area (Å²) >= 11 is 3.36. The van der Waals surface area contributed by atoms with Gasteiger partial charge in [-0.25, -0.2) is 4.79 Å². The van der Waals surface area contributed by atoms with Crippen LogP contribution in [0.1, 0.15) is 25.5 Å². The molecule has 1 saturated carbocycles. The van der Waals surface area contributed by atoms with E-state index in [0.29, 0.717) is 12.5 Å². The predicted octanol–water partition coefficient (Wildman–Crippen LogP) is 2.10. The van der Waals surface area contributed by atoms with Crippen molar-refractivity contribution in [2.45, 2.75) is 25.9 Å². The number of amides is 1. The third kappa shape index (κ3) is 2.58. The van der Waals surface area contributed by atoms with Crippen LogP contribution in [0.2, 0.25) is 0 Å². The number of likely N-dealkylation sites (tertiary alicyclic amines) is 1. The van der Waals surface area contributed by atoms with Crippen molar-refractivity contribution in [3.8, 4) is 0 Å². The molecular formula is C17H21BrN2O3. The Morgan fingerprint density at radius 3 is 2.52 bits per heavy atom. The molecule has 0 aromatic heterocycles. The van der Waals surface area contributed by atoms with Gasteiger partial charge in [0.05, 0.1) is 7.11 Å². The first-order valence-corrected chi connectivity index (χ1v) is 8.47. The van der Waals surface area contributed by atoms with Gasteiger partial charge in [-0.05, 0) is 29.0 Å². The Labute approximate surface area is 144 Å². The van der Waals surface area contributed by atoms with Gasteiger partial charge in [0, 0.05) is 16.9 Å². The summed E-state index contributed by atoms with van der Waals surface area (Å²) in [4.78, 5) is 26.6. The van der Waals surface area contributed by atoms with Crippen LogP contribution in [0.25, 0.3) is 0 Å². The van der Waals surface area contributed by atoms with E-state index in [1.807, 2.05) is 24.3 Å². The zero-order valence-electron chi connectivity index (χ0n) is 13.5. The predicted molar refractivity (Wildman–Crippen MR) is 89.3 cm³/mol. The highest BCUT2D eigenvalue weighted by molar-refractivity contribution is 9.10. The zero-order chi connectivity index (χ0) is 16.9. The number of rotatable bonds is 3. The number of piperidine rings is 1. The minimum Gasteiger partial charge on any atom is -0.467 e. The fourth-order valence-electron chi connectivity index (χ4n) is 3.89. The summed E-state index contributed by atoms with van der Waals surface area (Å²) in [7, 11) is 1.36. The van der Waals surface area contributed by atoms with Crippen molar-refractivity contribution in [1.29, 1.82) is 0 Å². The zero-order valence-corrected chi connectivity index (χ0v) is 15.0. The van der Waals surface area contributed by atoms with E-state index in [1.54, 1.807) is 4.90 Å². The van der Waals surface area contributed by atoms with E-state index in [4.69, 9.17) is 10.5 Å². The van der Waals surface area contributed by atoms with Gasteiger partial charge in [0.2, 0.25) is 5.91 Å². The van der Waals surface area contributed by atoms with Gasteiger partial charge >= 0.3 is 5.97 Å². The number of fused-ring (bicyclic) bond motifs is 1. The van der Waals surface area contributed by atoms with Gasteiger partial charge in [0.15, 0.2) is 0 Å². The largest absolute Gasteiger partial charge is 0.467 e. The molecule has 2 fully saturated rings. The molecule has 5 nitrogen and oxygen atoms in total. The maximum atomic E-state index is 12.8. The number of esters is 1. The number of ether oxygens (including phenoxy) is 1. The van der Waals surface area contributed by atoms with Crippen LogP contribution in [-0.2, 0) is 14.3 Å². The Kier molecular flexibility index (Phi) is 4.01. The Balaban J connectivity index is 1.81. The van der Waals surface area contributed by atoms with Gasteiger partial charge in [-0.15, -0.1) is 0 Å². The quantitative estimate of drug-likeness (QED) is 0.814. The molecule has 124 valence electrons. The van der Waals surface area contributed by atoms with E-state index in [9.17, 15) is 9.59 Å². The molecule has 6 heteroatoms. The van der Waals surface area contributed by atoms with Crippen molar-refractivity contribution >= 4 is 27.8 Å². The van der Waals surface area contributed by atoms with E-state index in [-0.39, 0.29) is 23.2 Å². The van der Waals surface area contributed by atoms with Crippen molar-refractivity contribution in [1.82, 2.24) is 4.90 Å². The molecular weight excluding hydrogens is 360 g/mol. The number of hydrogen-bond acceptors (Lipinski definition) is 4. The normalized spacial score (nSPS) is 28.9. The average Bonchev–Trinajstić information content (AvgIpc) is 2.89. The summed E-state index contributed by atoms with van der Waals surface area (Å²) in [5.74, 6) is -0.0613. The molecule has 4 atom stereocenters. The number of methoxy groups -OCH3 is 1. The van der Waals surface area contributed by atoms with Gasteiger partial charge < -0.3 is 15.4 Å². The first-order chi connectivity index (χ1) is 10.8. The lowest BCUT2D eigenvalue weighted by Crippen LogP contribution is -2.49. The van der Waals surface area contributed by atoms with E-state index in [1.165, 1.54) is 7.11 Å². The van der Waals surface area contributed by atoms with E-state index >= 15 is 0 Å². The van der Waals surface area contributed by atoms with Crippen LogP contribution in [0.5, 0.6) is 0 Å². The molecule has 1 aliphatic heterocycles. The Hall–Kier alpha value is -1.40. The minimum atomic E-state index is -0.768. The number of carbonyl (C=O) groups is 2. The summed E-state index contributed by atoms with van der Waals surface area (Å²) in [6.45, 7) is 4.84. The molecule has 0 bridgehead atoms. The topological polar surface area (TPSA) is 72.6 Å². The SMILES string of the molecule is COC(=O)[C@H]1[C@H]2[C@@H](CN1C(=O)C(N)c1ccc(Br)cc1)C2(C)C. The second-order valence-corrected chi connectivity index (χ2v) is 7.86. The highest BCUT2D eigenvalue weighted by Gasteiger charge is 2.69. The van der Waals surface area contributed by atoms with Crippen LogP contribution in [-0.4, -0.2) is 36.5 Å².